The quantitative estimate of drug-likeness (QED) is 0.721. The van der Waals surface area contributed by atoms with Gasteiger partial charge in [0.15, 0.2) is 0 Å². The van der Waals surface area contributed by atoms with E-state index in [1.807, 2.05) is 23.1 Å². The highest BCUT2D eigenvalue weighted by Gasteiger charge is 2.45. The Kier molecular flexibility index (Phi) is 4.52. The summed E-state index contributed by atoms with van der Waals surface area (Å²) in [6.45, 7) is 0.738. The number of anilines is 1. The molecule has 0 unspecified atom stereocenters. The Labute approximate surface area is 170 Å². The topological polar surface area (TPSA) is 65.5 Å². The van der Waals surface area contributed by atoms with Crippen molar-refractivity contribution in [3.8, 4) is 11.1 Å². The molecule has 0 saturated carbocycles. The Morgan fingerprint density at radius 3 is 2.62 bits per heavy atom. The van der Waals surface area contributed by atoms with Crippen molar-refractivity contribution >= 4 is 11.6 Å². The number of benzene rings is 2. The summed E-state index contributed by atoms with van der Waals surface area (Å²) in [6.07, 6.45) is 4.18. The van der Waals surface area contributed by atoms with E-state index in [1.165, 1.54) is 0 Å². The molecule has 5 heteroatoms. The van der Waals surface area contributed by atoms with Gasteiger partial charge in [0.1, 0.15) is 0 Å². The van der Waals surface area contributed by atoms with Crippen LogP contribution in [0.5, 0.6) is 0 Å². The minimum atomic E-state index is -0.0506. The maximum absolute atomic E-state index is 13.3. The first kappa shape index (κ1) is 17.9. The molecular weight excluding hydrogens is 362 g/mol. The maximum Gasteiger partial charge on any atom is 0.254 e. The van der Waals surface area contributed by atoms with Crippen LogP contribution in [0, 0.1) is 5.92 Å². The summed E-state index contributed by atoms with van der Waals surface area (Å²) in [5, 5.41) is 13.5. The van der Waals surface area contributed by atoms with E-state index in [2.05, 4.69) is 40.6 Å². The van der Waals surface area contributed by atoms with Crippen LogP contribution in [-0.2, 0) is 0 Å². The highest BCUT2D eigenvalue weighted by molar-refractivity contribution is 5.94. The SMILES string of the molecule is O=C(c1ccncc1)N1CC[C@@H]2[C@H]1c1cc(-c3ccccc3)ccc1N[C@@H]2CO. The van der Waals surface area contributed by atoms with Gasteiger partial charge in [-0.2, -0.15) is 0 Å². The Morgan fingerprint density at radius 1 is 1.07 bits per heavy atom. The molecule has 0 bridgehead atoms. The van der Waals surface area contributed by atoms with Crippen molar-refractivity contribution in [2.75, 3.05) is 18.5 Å². The molecule has 5 rings (SSSR count). The van der Waals surface area contributed by atoms with E-state index in [-0.39, 0.29) is 30.5 Å². The van der Waals surface area contributed by atoms with Gasteiger partial charge in [0.05, 0.1) is 18.7 Å². The average Bonchev–Trinajstić information content (AvgIpc) is 3.24. The van der Waals surface area contributed by atoms with Crippen molar-refractivity contribution in [3.05, 3.63) is 84.2 Å². The third-order valence-electron chi connectivity index (χ3n) is 6.16. The van der Waals surface area contributed by atoms with Gasteiger partial charge in [-0.15, -0.1) is 0 Å². The van der Waals surface area contributed by atoms with Gasteiger partial charge < -0.3 is 15.3 Å². The fourth-order valence-electron chi connectivity index (χ4n) is 4.76. The second-order valence-corrected chi connectivity index (χ2v) is 7.73. The fourth-order valence-corrected chi connectivity index (χ4v) is 4.76. The van der Waals surface area contributed by atoms with Crippen molar-refractivity contribution in [1.29, 1.82) is 0 Å². The zero-order chi connectivity index (χ0) is 19.8. The number of fused-ring (bicyclic) bond motifs is 3. The van der Waals surface area contributed by atoms with E-state index in [4.69, 9.17) is 0 Å². The molecule has 146 valence electrons. The lowest BCUT2D eigenvalue weighted by molar-refractivity contribution is 0.0701. The third-order valence-corrected chi connectivity index (χ3v) is 6.16. The van der Waals surface area contributed by atoms with Crippen LogP contribution in [0.2, 0.25) is 0 Å². The zero-order valence-electron chi connectivity index (χ0n) is 16.0. The predicted octanol–water partition coefficient (Wildman–Crippen LogP) is 3.74. The molecular formula is C24H23N3O2. The summed E-state index contributed by atoms with van der Waals surface area (Å²) in [4.78, 5) is 19.3. The van der Waals surface area contributed by atoms with Crippen LogP contribution < -0.4 is 5.32 Å². The number of aliphatic hydroxyl groups is 1. The summed E-state index contributed by atoms with van der Waals surface area (Å²) < 4.78 is 0. The monoisotopic (exact) mass is 385 g/mol. The van der Waals surface area contributed by atoms with Crippen LogP contribution in [0.25, 0.3) is 11.1 Å². The highest BCUT2D eigenvalue weighted by atomic mass is 16.3. The van der Waals surface area contributed by atoms with Gasteiger partial charge >= 0.3 is 0 Å². The number of rotatable bonds is 3. The van der Waals surface area contributed by atoms with Crippen LogP contribution in [0.15, 0.2) is 73.1 Å². The number of likely N-dealkylation sites (tertiary alicyclic amines) is 1. The van der Waals surface area contributed by atoms with Gasteiger partial charge in [-0.05, 0) is 47.4 Å². The Morgan fingerprint density at radius 2 is 1.86 bits per heavy atom. The number of nitrogens with zero attached hydrogens (tertiary/aromatic N) is 2. The molecule has 0 radical (unpaired) electrons. The number of aliphatic hydroxyl groups excluding tert-OH is 1. The largest absolute Gasteiger partial charge is 0.394 e. The van der Waals surface area contributed by atoms with E-state index >= 15 is 0 Å². The van der Waals surface area contributed by atoms with Gasteiger partial charge in [-0.25, -0.2) is 0 Å². The smallest absolute Gasteiger partial charge is 0.254 e. The number of nitrogens with one attached hydrogen (secondary N) is 1. The van der Waals surface area contributed by atoms with E-state index < -0.39 is 0 Å². The van der Waals surface area contributed by atoms with Gasteiger partial charge in [0, 0.05) is 36.1 Å². The second kappa shape index (κ2) is 7.33. The molecule has 2 aromatic carbocycles. The first-order chi connectivity index (χ1) is 14.3. The molecule has 0 aliphatic carbocycles. The Hall–Kier alpha value is -3.18. The fraction of sp³-hybridized carbons (Fsp3) is 0.250. The van der Waals surface area contributed by atoms with Gasteiger partial charge in [-0.3, -0.25) is 9.78 Å². The number of pyridine rings is 1. The summed E-state index contributed by atoms with van der Waals surface area (Å²) in [5.41, 5.74) is 5.07. The molecule has 3 heterocycles. The Balaban J connectivity index is 1.58. The van der Waals surface area contributed by atoms with Gasteiger partial charge in [0.25, 0.3) is 5.91 Å². The molecule has 1 amide bonds. The molecule has 0 spiro atoms. The molecule has 2 aliphatic heterocycles. The number of hydrogen-bond acceptors (Lipinski definition) is 4. The standard InChI is InChI=1S/C24H23N3O2/c28-15-22-19-10-13-27(24(29)17-8-11-25-12-9-17)23(19)20-14-18(6-7-21(20)26-22)16-4-2-1-3-5-16/h1-9,11-12,14,19,22-23,26,28H,10,13,15H2/t19-,22+,23-/m0/s1. The minimum Gasteiger partial charge on any atom is -0.394 e. The number of hydrogen-bond donors (Lipinski definition) is 2. The number of aromatic nitrogens is 1. The van der Waals surface area contributed by atoms with E-state index in [0.717, 1.165) is 28.8 Å². The van der Waals surface area contributed by atoms with Crippen molar-refractivity contribution < 1.29 is 9.90 Å². The van der Waals surface area contributed by atoms with E-state index in [0.29, 0.717) is 12.1 Å². The van der Waals surface area contributed by atoms with Crippen molar-refractivity contribution in [1.82, 2.24) is 9.88 Å². The number of amides is 1. The number of carbonyl (C=O) groups is 1. The summed E-state index contributed by atoms with van der Waals surface area (Å²) in [5.74, 6) is 0.207. The van der Waals surface area contributed by atoms with Gasteiger partial charge in [0.2, 0.25) is 0 Å². The average molecular weight is 385 g/mol. The third kappa shape index (κ3) is 3.08. The van der Waals surface area contributed by atoms with E-state index in [9.17, 15) is 9.90 Å². The first-order valence-electron chi connectivity index (χ1n) is 10.0. The lowest BCUT2D eigenvalue weighted by Gasteiger charge is -2.39. The van der Waals surface area contributed by atoms with Crippen molar-refractivity contribution in [3.63, 3.8) is 0 Å². The van der Waals surface area contributed by atoms with Crippen LogP contribution in [0.3, 0.4) is 0 Å². The molecule has 2 aliphatic rings. The summed E-state index contributed by atoms with van der Waals surface area (Å²) >= 11 is 0. The summed E-state index contributed by atoms with van der Waals surface area (Å²) in [7, 11) is 0. The zero-order valence-corrected chi connectivity index (χ0v) is 16.0. The maximum atomic E-state index is 13.3. The predicted molar refractivity (Wildman–Crippen MR) is 112 cm³/mol. The molecule has 1 saturated heterocycles. The minimum absolute atomic E-state index is 0.0227. The molecule has 3 aromatic rings. The molecule has 5 nitrogen and oxygen atoms in total. The van der Waals surface area contributed by atoms with Crippen LogP contribution >= 0.6 is 0 Å². The lowest BCUT2D eigenvalue weighted by Crippen LogP contribution is -2.42. The lowest BCUT2D eigenvalue weighted by atomic mass is 9.82. The first-order valence-corrected chi connectivity index (χ1v) is 10.0. The van der Waals surface area contributed by atoms with Crippen molar-refractivity contribution in [2.45, 2.75) is 18.5 Å². The highest BCUT2D eigenvalue weighted by Crippen LogP contribution is 2.47. The van der Waals surface area contributed by atoms with Crippen molar-refractivity contribution in [2.24, 2.45) is 5.92 Å². The normalized spacial score (nSPS) is 22.5. The molecule has 29 heavy (non-hydrogen) atoms. The van der Waals surface area contributed by atoms with Crippen LogP contribution in [-0.4, -0.2) is 40.1 Å². The van der Waals surface area contributed by atoms with E-state index in [1.54, 1.807) is 24.5 Å². The molecule has 2 N–H and O–H groups in total. The Bertz CT molecular complexity index is 1020. The summed E-state index contributed by atoms with van der Waals surface area (Å²) in [6, 6.07) is 20.1. The van der Waals surface area contributed by atoms with Gasteiger partial charge in [-0.1, -0.05) is 36.4 Å². The second-order valence-electron chi connectivity index (χ2n) is 7.73. The van der Waals surface area contributed by atoms with Crippen LogP contribution in [0.1, 0.15) is 28.4 Å². The molecule has 1 fully saturated rings. The number of carbonyl (C=O) groups excluding carboxylic acids is 1. The molecule has 1 aromatic heterocycles. The molecule has 3 atom stereocenters. The van der Waals surface area contributed by atoms with Crippen LogP contribution in [0.4, 0.5) is 5.69 Å².